The highest BCUT2D eigenvalue weighted by Crippen LogP contribution is 2.15. The van der Waals surface area contributed by atoms with Gasteiger partial charge in [0.15, 0.2) is 0 Å². The van der Waals surface area contributed by atoms with Crippen LogP contribution in [-0.2, 0) is 11.3 Å². The molecule has 4 heteroatoms. The lowest BCUT2D eigenvalue weighted by atomic mass is 10.2. The van der Waals surface area contributed by atoms with Crippen molar-refractivity contribution >= 4 is 17.5 Å². The number of carbonyl (C=O) groups excluding carboxylic acids is 1. The third-order valence-corrected chi connectivity index (χ3v) is 3.01. The average Bonchev–Trinajstić information content (AvgIpc) is 2.40. The van der Waals surface area contributed by atoms with Gasteiger partial charge in [-0.1, -0.05) is 25.5 Å². The van der Waals surface area contributed by atoms with Crippen molar-refractivity contribution in [2.45, 2.75) is 32.7 Å². The van der Waals surface area contributed by atoms with E-state index in [1.54, 1.807) is 11.9 Å². The Morgan fingerprint density at radius 3 is 2.89 bits per heavy atom. The molecule has 0 radical (unpaired) electrons. The first-order valence-electron chi connectivity index (χ1n) is 6.69. The number of alkyl halides is 1. The van der Waals surface area contributed by atoms with Gasteiger partial charge in [0.2, 0.25) is 5.91 Å². The zero-order valence-electron chi connectivity index (χ0n) is 11.7. The molecular formula is C15H22ClNO2. The number of unbranched alkanes of at least 4 members (excludes halogenated alkanes) is 1. The van der Waals surface area contributed by atoms with Gasteiger partial charge in [0.25, 0.3) is 0 Å². The van der Waals surface area contributed by atoms with E-state index < -0.39 is 0 Å². The first-order valence-corrected chi connectivity index (χ1v) is 7.22. The number of hydrogen-bond donors (Lipinski definition) is 0. The van der Waals surface area contributed by atoms with Crippen molar-refractivity contribution in [1.82, 2.24) is 4.90 Å². The molecule has 1 aromatic rings. The largest absolute Gasteiger partial charge is 0.494 e. The van der Waals surface area contributed by atoms with Crippen LogP contribution in [0.25, 0.3) is 0 Å². The highest BCUT2D eigenvalue weighted by Gasteiger charge is 2.08. The van der Waals surface area contributed by atoms with Gasteiger partial charge in [-0.3, -0.25) is 4.79 Å². The SMILES string of the molecule is CCCCOc1cccc(CN(C)C(=O)CCCl)c1. The van der Waals surface area contributed by atoms with Crippen molar-refractivity contribution in [1.29, 1.82) is 0 Å². The number of benzene rings is 1. The minimum Gasteiger partial charge on any atom is -0.494 e. The van der Waals surface area contributed by atoms with E-state index in [4.69, 9.17) is 16.3 Å². The molecule has 0 N–H and O–H groups in total. The lowest BCUT2D eigenvalue weighted by molar-refractivity contribution is -0.129. The van der Waals surface area contributed by atoms with E-state index in [0.29, 0.717) is 18.8 Å². The number of hydrogen-bond acceptors (Lipinski definition) is 2. The van der Waals surface area contributed by atoms with Crippen LogP contribution in [0.2, 0.25) is 0 Å². The molecule has 0 saturated carbocycles. The van der Waals surface area contributed by atoms with Crippen LogP contribution in [0.15, 0.2) is 24.3 Å². The van der Waals surface area contributed by atoms with Crippen LogP contribution in [0, 0.1) is 0 Å². The Morgan fingerprint density at radius 1 is 1.42 bits per heavy atom. The molecule has 0 aromatic heterocycles. The zero-order chi connectivity index (χ0) is 14.1. The highest BCUT2D eigenvalue weighted by atomic mass is 35.5. The van der Waals surface area contributed by atoms with Crippen LogP contribution >= 0.6 is 11.6 Å². The monoisotopic (exact) mass is 283 g/mol. The third kappa shape index (κ3) is 5.97. The van der Waals surface area contributed by atoms with Gasteiger partial charge in [-0.05, 0) is 24.1 Å². The highest BCUT2D eigenvalue weighted by molar-refractivity contribution is 6.18. The molecule has 0 aliphatic heterocycles. The summed E-state index contributed by atoms with van der Waals surface area (Å²) in [5, 5.41) is 0. The van der Waals surface area contributed by atoms with E-state index in [2.05, 4.69) is 6.92 Å². The smallest absolute Gasteiger partial charge is 0.223 e. The second-order valence-electron chi connectivity index (χ2n) is 4.54. The summed E-state index contributed by atoms with van der Waals surface area (Å²) in [4.78, 5) is 13.3. The van der Waals surface area contributed by atoms with Crippen LogP contribution < -0.4 is 4.74 Å². The summed E-state index contributed by atoms with van der Waals surface area (Å²) >= 11 is 5.57. The van der Waals surface area contributed by atoms with Crippen molar-refractivity contribution < 1.29 is 9.53 Å². The van der Waals surface area contributed by atoms with Crippen molar-refractivity contribution in [2.24, 2.45) is 0 Å². The lowest BCUT2D eigenvalue weighted by Crippen LogP contribution is -2.26. The van der Waals surface area contributed by atoms with E-state index in [1.165, 1.54) is 0 Å². The van der Waals surface area contributed by atoms with Crippen LogP contribution in [0.4, 0.5) is 0 Å². The lowest BCUT2D eigenvalue weighted by Gasteiger charge is -2.17. The fourth-order valence-electron chi connectivity index (χ4n) is 1.70. The van der Waals surface area contributed by atoms with Gasteiger partial charge in [-0.25, -0.2) is 0 Å². The molecule has 0 aliphatic rings. The minimum absolute atomic E-state index is 0.0623. The summed E-state index contributed by atoms with van der Waals surface area (Å²) < 4.78 is 5.65. The molecule has 19 heavy (non-hydrogen) atoms. The predicted molar refractivity (Wildman–Crippen MR) is 78.7 cm³/mol. The van der Waals surface area contributed by atoms with Crippen molar-refractivity contribution in [3.63, 3.8) is 0 Å². The average molecular weight is 284 g/mol. The maximum Gasteiger partial charge on any atom is 0.223 e. The third-order valence-electron chi connectivity index (χ3n) is 2.82. The first kappa shape index (κ1) is 15.8. The number of rotatable bonds is 8. The second-order valence-corrected chi connectivity index (χ2v) is 4.92. The summed E-state index contributed by atoms with van der Waals surface area (Å²) in [6.07, 6.45) is 2.55. The van der Waals surface area contributed by atoms with Crippen LogP contribution in [-0.4, -0.2) is 30.3 Å². The van der Waals surface area contributed by atoms with Gasteiger partial charge in [0.05, 0.1) is 6.61 Å². The molecule has 1 amide bonds. The fourth-order valence-corrected chi connectivity index (χ4v) is 1.86. The summed E-state index contributed by atoms with van der Waals surface area (Å²) in [6.45, 7) is 3.46. The topological polar surface area (TPSA) is 29.5 Å². The molecule has 0 fully saturated rings. The summed E-state index contributed by atoms with van der Waals surface area (Å²) in [7, 11) is 1.79. The minimum atomic E-state index is 0.0623. The Bertz CT molecular complexity index is 395. The first-order chi connectivity index (χ1) is 9.17. The zero-order valence-corrected chi connectivity index (χ0v) is 12.4. The van der Waals surface area contributed by atoms with E-state index in [-0.39, 0.29) is 5.91 Å². The van der Waals surface area contributed by atoms with Crippen molar-refractivity contribution in [3.8, 4) is 5.75 Å². The number of halogens is 1. The second kappa shape index (κ2) is 8.81. The van der Waals surface area contributed by atoms with Gasteiger partial charge in [-0.15, -0.1) is 11.6 Å². The predicted octanol–water partition coefficient (Wildman–Crippen LogP) is 3.45. The Labute approximate surface area is 120 Å². The van der Waals surface area contributed by atoms with E-state index in [9.17, 15) is 4.79 Å². The van der Waals surface area contributed by atoms with Gasteiger partial charge < -0.3 is 9.64 Å². The fraction of sp³-hybridized carbons (Fsp3) is 0.533. The molecule has 0 unspecified atom stereocenters. The molecular weight excluding hydrogens is 262 g/mol. The maximum atomic E-state index is 11.7. The standard InChI is InChI=1S/C15H22ClNO2/c1-3-4-10-19-14-7-5-6-13(11-14)12-17(2)15(18)8-9-16/h5-7,11H,3-4,8-10,12H2,1-2H3. The molecule has 0 heterocycles. The maximum absolute atomic E-state index is 11.7. The van der Waals surface area contributed by atoms with Crippen molar-refractivity contribution in [2.75, 3.05) is 19.5 Å². The normalized spacial score (nSPS) is 10.3. The van der Waals surface area contributed by atoms with E-state index >= 15 is 0 Å². The number of carbonyl (C=O) groups is 1. The van der Waals surface area contributed by atoms with Gasteiger partial charge in [0.1, 0.15) is 5.75 Å². The Kier molecular flexibility index (Phi) is 7.34. The Balaban J connectivity index is 2.53. The molecule has 0 aliphatic carbocycles. The summed E-state index contributed by atoms with van der Waals surface area (Å²) in [5.41, 5.74) is 1.07. The van der Waals surface area contributed by atoms with E-state index in [1.807, 2.05) is 24.3 Å². The summed E-state index contributed by atoms with van der Waals surface area (Å²) in [5.74, 6) is 1.29. The number of amides is 1. The molecule has 1 aromatic carbocycles. The van der Waals surface area contributed by atoms with Crippen molar-refractivity contribution in [3.05, 3.63) is 29.8 Å². The Morgan fingerprint density at radius 2 is 2.21 bits per heavy atom. The van der Waals surface area contributed by atoms with Gasteiger partial charge in [0, 0.05) is 25.9 Å². The Hall–Kier alpha value is -1.22. The molecule has 106 valence electrons. The summed E-state index contributed by atoms with van der Waals surface area (Å²) in [6, 6.07) is 7.88. The number of nitrogens with zero attached hydrogens (tertiary/aromatic N) is 1. The molecule has 0 spiro atoms. The molecule has 3 nitrogen and oxygen atoms in total. The van der Waals surface area contributed by atoms with Crippen LogP contribution in [0.3, 0.4) is 0 Å². The van der Waals surface area contributed by atoms with E-state index in [0.717, 1.165) is 30.8 Å². The van der Waals surface area contributed by atoms with Gasteiger partial charge >= 0.3 is 0 Å². The van der Waals surface area contributed by atoms with Gasteiger partial charge in [-0.2, -0.15) is 0 Å². The quantitative estimate of drug-likeness (QED) is 0.540. The number of ether oxygens (including phenoxy) is 1. The molecule has 0 atom stereocenters. The molecule has 0 saturated heterocycles. The molecule has 0 bridgehead atoms. The van der Waals surface area contributed by atoms with Crippen LogP contribution in [0.1, 0.15) is 31.7 Å². The molecule has 1 rings (SSSR count). The van der Waals surface area contributed by atoms with Crippen LogP contribution in [0.5, 0.6) is 5.75 Å².